The standard InChI is InChI=1S/C17H23N3/c1-3-16(4-2)20-10-9-14(19-20)12-15-11-13-7-5-6-8-17(13)18-15/h5-10,15-16,18H,3-4,11-12H2,1-2H3. The maximum atomic E-state index is 4.76. The van der Waals surface area contributed by atoms with E-state index in [1.165, 1.54) is 16.9 Å². The number of rotatable bonds is 5. The van der Waals surface area contributed by atoms with Crippen molar-refractivity contribution in [2.24, 2.45) is 0 Å². The van der Waals surface area contributed by atoms with E-state index in [0.29, 0.717) is 12.1 Å². The zero-order valence-corrected chi connectivity index (χ0v) is 12.3. The van der Waals surface area contributed by atoms with Crippen molar-refractivity contribution < 1.29 is 0 Å². The van der Waals surface area contributed by atoms with Crippen LogP contribution in [0.5, 0.6) is 0 Å². The Morgan fingerprint density at radius 2 is 2.05 bits per heavy atom. The molecular weight excluding hydrogens is 246 g/mol. The molecule has 1 N–H and O–H groups in total. The monoisotopic (exact) mass is 269 g/mol. The van der Waals surface area contributed by atoms with Crippen LogP contribution in [-0.2, 0) is 12.8 Å². The van der Waals surface area contributed by atoms with Gasteiger partial charge in [0.15, 0.2) is 0 Å². The molecule has 1 aliphatic rings. The summed E-state index contributed by atoms with van der Waals surface area (Å²) in [5.41, 5.74) is 3.91. The Morgan fingerprint density at radius 3 is 2.80 bits per heavy atom. The van der Waals surface area contributed by atoms with Crippen LogP contribution >= 0.6 is 0 Å². The summed E-state index contributed by atoms with van der Waals surface area (Å²) >= 11 is 0. The average molecular weight is 269 g/mol. The predicted molar refractivity (Wildman–Crippen MR) is 83.1 cm³/mol. The lowest BCUT2D eigenvalue weighted by atomic mass is 10.1. The van der Waals surface area contributed by atoms with Gasteiger partial charge in [-0.25, -0.2) is 0 Å². The molecule has 3 heteroatoms. The molecule has 0 spiro atoms. The summed E-state index contributed by atoms with van der Waals surface area (Å²) in [6.07, 6.45) is 6.53. The van der Waals surface area contributed by atoms with Crippen molar-refractivity contribution in [1.82, 2.24) is 9.78 Å². The largest absolute Gasteiger partial charge is 0.381 e. The molecule has 1 aliphatic heterocycles. The van der Waals surface area contributed by atoms with Gasteiger partial charge in [-0.3, -0.25) is 4.68 Å². The van der Waals surface area contributed by atoms with Crippen LogP contribution in [0.3, 0.4) is 0 Å². The van der Waals surface area contributed by atoms with Gasteiger partial charge >= 0.3 is 0 Å². The van der Waals surface area contributed by atoms with E-state index in [0.717, 1.165) is 25.7 Å². The van der Waals surface area contributed by atoms with Gasteiger partial charge in [0.25, 0.3) is 0 Å². The van der Waals surface area contributed by atoms with Crippen molar-refractivity contribution in [3.8, 4) is 0 Å². The average Bonchev–Trinajstić information content (AvgIpc) is 3.07. The van der Waals surface area contributed by atoms with E-state index in [2.05, 4.69) is 60.4 Å². The van der Waals surface area contributed by atoms with E-state index in [9.17, 15) is 0 Å². The summed E-state index contributed by atoms with van der Waals surface area (Å²) < 4.78 is 2.14. The smallest absolute Gasteiger partial charge is 0.0645 e. The fourth-order valence-corrected chi connectivity index (χ4v) is 3.10. The second-order valence-electron chi connectivity index (χ2n) is 5.66. The fourth-order valence-electron chi connectivity index (χ4n) is 3.10. The van der Waals surface area contributed by atoms with E-state index in [4.69, 9.17) is 5.10 Å². The van der Waals surface area contributed by atoms with Crippen LogP contribution in [0.4, 0.5) is 5.69 Å². The lowest BCUT2D eigenvalue weighted by Gasteiger charge is -2.13. The van der Waals surface area contributed by atoms with Gasteiger partial charge in [0, 0.05) is 24.3 Å². The second-order valence-corrected chi connectivity index (χ2v) is 5.66. The second kappa shape index (κ2) is 5.70. The van der Waals surface area contributed by atoms with Gasteiger partial charge in [0.2, 0.25) is 0 Å². The highest BCUT2D eigenvalue weighted by Gasteiger charge is 2.21. The van der Waals surface area contributed by atoms with E-state index in [1.54, 1.807) is 0 Å². The minimum atomic E-state index is 0.484. The quantitative estimate of drug-likeness (QED) is 0.894. The Labute approximate surface area is 121 Å². The van der Waals surface area contributed by atoms with Gasteiger partial charge in [0.05, 0.1) is 11.7 Å². The van der Waals surface area contributed by atoms with Crippen molar-refractivity contribution in [2.75, 3.05) is 5.32 Å². The third kappa shape index (κ3) is 2.58. The highest BCUT2D eigenvalue weighted by molar-refractivity contribution is 5.56. The van der Waals surface area contributed by atoms with Crippen LogP contribution in [-0.4, -0.2) is 15.8 Å². The number of nitrogens with one attached hydrogen (secondary N) is 1. The Morgan fingerprint density at radius 1 is 1.25 bits per heavy atom. The summed E-state index contributed by atoms with van der Waals surface area (Å²) in [6.45, 7) is 4.45. The zero-order chi connectivity index (χ0) is 13.9. The van der Waals surface area contributed by atoms with Crippen LogP contribution in [0.15, 0.2) is 36.5 Å². The van der Waals surface area contributed by atoms with Crippen molar-refractivity contribution in [3.05, 3.63) is 47.8 Å². The number of aromatic nitrogens is 2. The number of benzene rings is 1. The number of fused-ring (bicyclic) bond motifs is 1. The third-order valence-corrected chi connectivity index (χ3v) is 4.28. The van der Waals surface area contributed by atoms with Crippen LogP contribution < -0.4 is 5.32 Å². The Balaban J connectivity index is 1.65. The molecule has 0 saturated heterocycles. The van der Waals surface area contributed by atoms with E-state index in [1.807, 2.05) is 0 Å². The molecule has 0 amide bonds. The number of para-hydroxylation sites is 1. The molecule has 2 aromatic rings. The molecule has 3 nitrogen and oxygen atoms in total. The minimum Gasteiger partial charge on any atom is -0.381 e. The van der Waals surface area contributed by atoms with Gasteiger partial charge in [-0.1, -0.05) is 32.0 Å². The van der Waals surface area contributed by atoms with Crippen LogP contribution in [0.1, 0.15) is 44.0 Å². The Hall–Kier alpha value is -1.77. The third-order valence-electron chi connectivity index (χ3n) is 4.28. The molecule has 2 heterocycles. The summed E-state index contributed by atoms with van der Waals surface area (Å²) in [5.74, 6) is 0. The molecule has 0 fully saturated rings. The zero-order valence-electron chi connectivity index (χ0n) is 12.3. The first-order valence-corrected chi connectivity index (χ1v) is 7.68. The molecule has 1 atom stereocenters. The van der Waals surface area contributed by atoms with E-state index >= 15 is 0 Å². The summed E-state index contributed by atoms with van der Waals surface area (Å²) in [6, 6.07) is 11.8. The molecule has 1 aromatic carbocycles. The number of hydrogen-bond acceptors (Lipinski definition) is 2. The van der Waals surface area contributed by atoms with Crippen LogP contribution in [0.2, 0.25) is 0 Å². The maximum absolute atomic E-state index is 4.76. The molecule has 1 unspecified atom stereocenters. The van der Waals surface area contributed by atoms with Crippen LogP contribution in [0, 0.1) is 0 Å². The van der Waals surface area contributed by atoms with E-state index in [-0.39, 0.29) is 0 Å². The lowest BCUT2D eigenvalue weighted by Crippen LogP contribution is -2.19. The highest BCUT2D eigenvalue weighted by Crippen LogP contribution is 2.26. The Kier molecular flexibility index (Phi) is 3.77. The van der Waals surface area contributed by atoms with Crippen molar-refractivity contribution in [1.29, 1.82) is 0 Å². The SMILES string of the molecule is CCC(CC)n1ccc(CC2Cc3ccccc3N2)n1. The topological polar surface area (TPSA) is 29.9 Å². The Bertz CT molecular complexity index is 544. The maximum Gasteiger partial charge on any atom is 0.0645 e. The van der Waals surface area contributed by atoms with E-state index < -0.39 is 0 Å². The summed E-state index contributed by atoms with van der Waals surface area (Å²) in [4.78, 5) is 0. The molecule has 106 valence electrons. The normalized spacial score (nSPS) is 17.2. The van der Waals surface area contributed by atoms with Gasteiger partial charge in [0.1, 0.15) is 0 Å². The van der Waals surface area contributed by atoms with Crippen molar-refractivity contribution in [2.45, 2.75) is 51.6 Å². The molecular formula is C17H23N3. The number of nitrogens with zero attached hydrogens (tertiary/aromatic N) is 2. The fraction of sp³-hybridized carbons (Fsp3) is 0.471. The first kappa shape index (κ1) is 13.2. The van der Waals surface area contributed by atoms with Gasteiger partial charge in [-0.15, -0.1) is 0 Å². The first-order valence-electron chi connectivity index (χ1n) is 7.68. The molecule has 1 aromatic heterocycles. The molecule has 0 bridgehead atoms. The molecule has 0 radical (unpaired) electrons. The predicted octanol–water partition coefficient (Wildman–Crippen LogP) is 3.82. The molecule has 3 rings (SSSR count). The summed E-state index contributed by atoms with van der Waals surface area (Å²) in [5, 5.41) is 8.36. The number of hydrogen-bond donors (Lipinski definition) is 1. The first-order chi connectivity index (χ1) is 9.80. The molecule has 0 aliphatic carbocycles. The van der Waals surface area contributed by atoms with Crippen molar-refractivity contribution in [3.63, 3.8) is 0 Å². The highest BCUT2D eigenvalue weighted by atomic mass is 15.3. The minimum absolute atomic E-state index is 0.484. The summed E-state index contributed by atoms with van der Waals surface area (Å²) in [7, 11) is 0. The molecule has 0 saturated carbocycles. The lowest BCUT2D eigenvalue weighted by molar-refractivity contribution is 0.424. The van der Waals surface area contributed by atoms with Gasteiger partial charge < -0.3 is 5.32 Å². The van der Waals surface area contributed by atoms with Gasteiger partial charge in [-0.2, -0.15) is 5.10 Å². The number of anilines is 1. The van der Waals surface area contributed by atoms with Crippen LogP contribution in [0.25, 0.3) is 0 Å². The molecule has 20 heavy (non-hydrogen) atoms. The van der Waals surface area contributed by atoms with Crippen molar-refractivity contribution >= 4 is 5.69 Å². The van der Waals surface area contributed by atoms with Gasteiger partial charge in [-0.05, 0) is 37.0 Å².